The topological polar surface area (TPSA) is 60.8 Å². The molecule has 1 aromatic rings. The maximum atomic E-state index is 12.5. The van der Waals surface area contributed by atoms with E-state index in [9.17, 15) is 15.0 Å². The third-order valence-electron chi connectivity index (χ3n) is 3.69. The van der Waals surface area contributed by atoms with Gasteiger partial charge in [-0.15, -0.1) is 0 Å². The number of carbonyl (C=O) groups is 1. The Balaban J connectivity index is 2.19. The van der Waals surface area contributed by atoms with Gasteiger partial charge in [-0.25, -0.2) is 0 Å². The SMILES string of the molecule is CC1CCC(CO)CN1C(=O)c1ccc(Br)c(O)c1. The minimum absolute atomic E-state index is 0.0641. The van der Waals surface area contributed by atoms with Gasteiger partial charge in [0.1, 0.15) is 5.75 Å². The highest BCUT2D eigenvalue weighted by atomic mass is 79.9. The monoisotopic (exact) mass is 327 g/mol. The molecule has 1 heterocycles. The number of nitrogens with zero attached hydrogens (tertiary/aromatic N) is 1. The van der Waals surface area contributed by atoms with E-state index in [-0.39, 0.29) is 30.2 Å². The standard InChI is InChI=1S/C14H18BrNO3/c1-9-2-3-10(8-17)7-16(9)14(19)11-4-5-12(15)13(18)6-11/h4-6,9-10,17-18H,2-3,7-8H2,1H3. The van der Waals surface area contributed by atoms with Gasteiger partial charge in [-0.1, -0.05) is 0 Å². The van der Waals surface area contributed by atoms with Gasteiger partial charge in [0.2, 0.25) is 0 Å². The molecule has 2 unspecified atom stereocenters. The zero-order valence-electron chi connectivity index (χ0n) is 10.8. The van der Waals surface area contributed by atoms with E-state index in [2.05, 4.69) is 15.9 Å². The van der Waals surface area contributed by atoms with Crippen molar-refractivity contribution in [2.75, 3.05) is 13.2 Å². The Kier molecular flexibility index (Phi) is 4.47. The van der Waals surface area contributed by atoms with Gasteiger partial charge in [0, 0.05) is 24.8 Å². The molecule has 0 bridgehead atoms. The van der Waals surface area contributed by atoms with E-state index in [0.717, 1.165) is 12.8 Å². The van der Waals surface area contributed by atoms with Crippen molar-refractivity contribution in [2.45, 2.75) is 25.8 Å². The van der Waals surface area contributed by atoms with Gasteiger partial charge in [-0.3, -0.25) is 4.79 Å². The fourth-order valence-electron chi connectivity index (χ4n) is 2.43. The van der Waals surface area contributed by atoms with Crippen LogP contribution in [0.5, 0.6) is 5.75 Å². The number of piperidine rings is 1. The minimum Gasteiger partial charge on any atom is -0.507 e. The Morgan fingerprint density at radius 1 is 1.47 bits per heavy atom. The molecule has 1 amide bonds. The highest BCUT2D eigenvalue weighted by Crippen LogP contribution is 2.27. The number of rotatable bonds is 2. The van der Waals surface area contributed by atoms with Crippen LogP contribution in [0.25, 0.3) is 0 Å². The van der Waals surface area contributed by atoms with E-state index >= 15 is 0 Å². The molecule has 19 heavy (non-hydrogen) atoms. The van der Waals surface area contributed by atoms with Crippen LogP contribution < -0.4 is 0 Å². The zero-order valence-corrected chi connectivity index (χ0v) is 12.4. The Hall–Kier alpha value is -1.07. The molecule has 1 aromatic carbocycles. The average Bonchev–Trinajstić information content (AvgIpc) is 2.41. The summed E-state index contributed by atoms with van der Waals surface area (Å²) in [6, 6.07) is 5.00. The second-order valence-corrected chi connectivity index (χ2v) is 5.95. The smallest absolute Gasteiger partial charge is 0.254 e. The van der Waals surface area contributed by atoms with Crippen molar-refractivity contribution < 1.29 is 15.0 Å². The normalized spacial score (nSPS) is 23.4. The molecule has 2 rings (SSSR count). The lowest BCUT2D eigenvalue weighted by atomic mass is 9.93. The highest BCUT2D eigenvalue weighted by Gasteiger charge is 2.29. The molecule has 2 atom stereocenters. The number of phenols is 1. The maximum absolute atomic E-state index is 12.5. The minimum atomic E-state index is -0.0894. The van der Waals surface area contributed by atoms with Crippen LogP contribution in [0.3, 0.4) is 0 Å². The average molecular weight is 328 g/mol. The van der Waals surface area contributed by atoms with Crippen molar-refractivity contribution in [1.29, 1.82) is 0 Å². The van der Waals surface area contributed by atoms with Crippen molar-refractivity contribution in [2.24, 2.45) is 5.92 Å². The van der Waals surface area contributed by atoms with E-state index in [0.29, 0.717) is 16.6 Å². The van der Waals surface area contributed by atoms with Crippen LogP contribution in [0.2, 0.25) is 0 Å². The van der Waals surface area contributed by atoms with Crippen molar-refractivity contribution in [3.8, 4) is 5.75 Å². The predicted octanol–water partition coefficient (Wildman–Crippen LogP) is 2.39. The number of hydrogen-bond acceptors (Lipinski definition) is 3. The summed E-state index contributed by atoms with van der Waals surface area (Å²) >= 11 is 3.20. The largest absolute Gasteiger partial charge is 0.507 e. The van der Waals surface area contributed by atoms with E-state index in [1.54, 1.807) is 17.0 Å². The molecular weight excluding hydrogens is 310 g/mol. The molecule has 1 aliphatic heterocycles. The summed E-state index contributed by atoms with van der Waals surface area (Å²) < 4.78 is 0.573. The number of carbonyl (C=O) groups excluding carboxylic acids is 1. The number of amides is 1. The number of aliphatic hydroxyl groups is 1. The van der Waals surface area contributed by atoms with Crippen molar-refractivity contribution in [3.05, 3.63) is 28.2 Å². The summed E-state index contributed by atoms with van der Waals surface area (Å²) in [7, 11) is 0. The van der Waals surface area contributed by atoms with Crippen LogP contribution in [0, 0.1) is 5.92 Å². The number of phenolic OH excluding ortho intramolecular Hbond substituents is 1. The maximum Gasteiger partial charge on any atom is 0.254 e. The van der Waals surface area contributed by atoms with Crippen LogP contribution in [-0.2, 0) is 0 Å². The lowest BCUT2D eigenvalue weighted by molar-refractivity contribution is 0.0488. The lowest BCUT2D eigenvalue weighted by Gasteiger charge is -2.37. The lowest BCUT2D eigenvalue weighted by Crippen LogP contribution is -2.46. The van der Waals surface area contributed by atoms with Gasteiger partial charge in [-0.2, -0.15) is 0 Å². The highest BCUT2D eigenvalue weighted by molar-refractivity contribution is 9.10. The van der Waals surface area contributed by atoms with Gasteiger partial charge in [-0.05, 0) is 59.8 Å². The summed E-state index contributed by atoms with van der Waals surface area (Å²) in [6.07, 6.45) is 1.85. The summed E-state index contributed by atoms with van der Waals surface area (Å²) in [6.45, 7) is 2.71. The molecule has 0 aromatic heterocycles. The molecule has 0 aliphatic carbocycles. The fraction of sp³-hybridized carbons (Fsp3) is 0.500. The van der Waals surface area contributed by atoms with Crippen LogP contribution in [0.15, 0.2) is 22.7 Å². The Bertz CT molecular complexity index is 478. The molecule has 0 spiro atoms. The van der Waals surface area contributed by atoms with Crippen molar-refractivity contribution >= 4 is 21.8 Å². The van der Waals surface area contributed by atoms with Crippen LogP contribution in [0.1, 0.15) is 30.1 Å². The molecule has 1 saturated heterocycles. The third kappa shape index (κ3) is 3.09. The first kappa shape index (κ1) is 14.3. The Morgan fingerprint density at radius 3 is 2.84 bits per heavy atom. The summed E-state index contributed by atoms with van der Waals surface area (Å²) in [5, 5.41) is 18.9. The fourth-order valence-corrected chi connectivity index (χ4v) is 2.67. The van der Waals surface area contributed by atoms with Gasteiger partial charge in [0.15, 0.2) is 0 Å². The third-order valence-corrected chi connectivity index (χ3v) is 4.36. The van der Waals surface area contributed by atoms with Gasteiger partial charge in [0.25, 0.3) is 5.91 Å². The summed E-state index contributed by atoms with van der Waals surface area (Å²) in [5.74, 6) is 0.131. The van der Waals surface area contributed by atoms with Crippen molar-refractivity contribution in [1.82, 2.24) is 4.90 Å². The molecular formula is C14H18BrNO3. The molecule has 2 N–H and O–H groups in total. The summed E-state index contributed by atoms with van der Waals surface area (Å²) in [5.41, 5.74) is 0.478. The quantitative estimate of drug-likeness (QED) is 0.876. The van der Waals surface area contributed by atoms with Crippen LogP contribution in [-0.4, -0.2) is 40.2 Å². The molecule has 0 radical (unpaired) electrons. The second kappa shape index (κ2) is 5.92. The predicted molar refractivity (Wildman–Crippen MR) is 76.1 cm³/mol. The van der Waals surface area contributed by atoms with Crippen LogP contribution in [0.4, 0.5) is 0 Å². The number of aliphatic hydroxyl groups excluding tert-OH is 1. The zero-order chi connectivity index (χ0) is 14.0. The van der Waals surface area contributed by atoms with E-state index < -0.39 is 0 Å². The van der Waals surface area contributed by atoms with Gasteiger partial charge >= 0.3 is 0 Å². The van der Waals surface area contributed by atoms with E-state index in [1.165, 1.54) is 6.07 Å². The first-order valence-corrected chi connectivity index (χ1v) is 7.22. The molecule has 104 valence electrons. The number of benzene rings is 1. The molecule has 4 nitrogen and oxygen atoms in total. The molecule has 5 heteroatoms. The number of halogens is 1. The first-order chi connectivity index (χ1) is 9.02. The second-order valence-electron chi connectivity index (χ2n) is 5.10. The summed E-state index contributed by atoms with van der Waals surface area (Å²) in [4.78, 5) is 14.2. The Labute approximate surface area is 121 Å². The number of aromatic hydroxyl groups is 1. The molecule has 1 fully saturated rings. The first-order valence-electron chi connectivity index (χ1n) is 6.43. The van der Waals surface area contributed by atoms with E-state index in [1.807, 2.05) is 6.92 Å². The number of likely N-dealkylation sites (tertiary alicyclic amines) is 1. The van der Waals surface area contributed by atoms with E-state index in [4.69, 9.17) is 0 Å². The molecule has 1 aliphatic rings. The molecule has 0 saturated carbocycles. The van der Waals surface area contributed by atoms with Crippen LogP contribution >= 0.6 is 15.9 Å². The number of hydrogen-bond donors (Lipinski definition) is 2. The van der Waals surface area contributed by atoms with Crippen molar-refractivity contribution in [3.63, 3.8) is 0 Å². The Morgan fingerprint density at radius 2 is 2.21 bits per heavy atom. The van der Waals surface area contributed by atoms with Gasteiger partial charge < -0.3 is 15.1 Å². The van der Waals surface area contributed by atoms with Gasteiger partial charge in [0.05, 0.1) is 4.47 Å².